The van der Waals surface area contributed by atoms with Crippen molar-refractivity contribution in [2.45, 2.75) is 48.8 Å². The highest BCUT2D eigenvalue weighted by Crippen LogP contribution is 2.45. The number of ketones is 1. The Morgan fingerprint density at radius 3 is 2.62 bits per heavy atom. The number of aromatic nitrogens is 2. The number of hydrogen-bond donors (Lipinski definition) is 0. The van der Waals surface area contributed by atoms with Crippen molar-refractivity contribution in [3.05, 3.63) is 65.0 Å². The van der Waals surface area contributed by atoms with Gasteiger partial charge in [0.2, 0.25) is 0 Å². The van der Waals surface area contributed by atoms with Crippen LogP contribution in [0.15, 0.2) is 47.4 Å². The van der Waals surface area contributed by atoms with Gasteiger partial charge in [-0.15, -0.1) is 20.5 Å². The fourth-order valence-corrected chi connectivity index (χ4v) is 5.15. The summed E-state index contributed by atoms with van der Waals surface area (Å²) in [5.74, 6) is -0.487. The Morgan fingerprint density at radius 1 is 1.09 bits per heavy atom. The van der Waals surface area contributed by atoms with E-state index in [1.54, 1.807) is 30.3 Å². The third-order valence-electron chi connectivity index (χ3n) is 5.62. The molecule has 0 bridgehead atoms. The number of carbonyl (C=O) groups is 1. The number of rotatable bonds is 4. The summed E-state index contributed by atoms with van der Waals surface area (Å²) in [6.07, 6.45) is -7.70. The molecule has 3 aromatic rings. The monoisotopic (exact) mass is 496 g/mol. The molecule has 0 amide bonds. The summed E-state index contributed by atoms with van der Waals surface area (Å²) >= 11 is 1.37. The molecule has 1 unspecified atom stereocenters. The lowest BCUT2D eigenvalue weighted by molar-refractivity contribution is -0.286. The van der Waals surface area contributed by atoms with E-state index in [-0.39, 0.29) is 46.6 Å². The number of fused-ring (bicyclic) bond motifs is 2. The molecule has 5 rings (SSSR count). The zero-order valence-corrected chi connectivity index (χ0v) is 18.5. The predicted molar refractivity (Wildman–Crippen MR) is 113 cm³/mol. The molecule has 1 aliphatic carbocycles. The van der Waals surface area contributed by atoms with Crippen LogP contribution in [0.1, 0.15) is 52.3 Å². The largest absolute Gasteiger partial charge is 0.586 e. The number of carbonyl (C=O) groups excluding carboxylic acids is 1. The van der Waals surface area contributed by atoms with Gasteiger partial charge in [-0.05, 0) is 55.7 Å². The van der Waals surface area contributed by atoms with Gasteiger partial charge in [-0.1, -0.05) is 12.1 Å². The van der Waals surface area contributed by atoms with Crippen molar-refractivity contribution in [2.75, 3.05) is 0 Å². The maximum absolute atomic E-state index is 13.6. The van der Waals surface area contributed by atoms with Gasteiger partial charge in [-0.2, -0.15) is 18.3 Å². The highest BCUT2D eigenvalue weighted by Gasteiger charge is 2.44. The summed E-state index contributed by atoms with van der Waals surface area (Å²) in [6.45, 7) is 1.86. The first-order valence-electron chi connectivity index (χ1n) is 10.4. The van der Waals surface area contributed by atoms with Crippen molar-refractivity contribution < 1.29 is 36.2 Å². The van der Waals surface area contributed by atoms with Gasteiger partial charge in [0, 0.05) is 22.1 Å². The fourth-order valence-electron chi connectivity index (χ4n) is 4.11. The molecule has 0 radical (unpaired) electrons. The average molecular weight is 496 g/mol. The molecule has 0 N–H and O–H groups in total. The third-order valence-corrected chi connectivity index (χ3v) is 6.77. The van der Waals surface area contributed by atoms with Gasteiger partial charge in [0.15, 0.2) is 23.0 Å². The van der Waals surface area contributed by atoms with Gasteiger partial charge >= 0.3 is 12.5 Å². The number of hydrogen-bond acceptors (Lipinski definition) is 5. The van der Waals surface area contributed by atoms with E-state index < -0.39 is 18.2 Å². The summed E-state index contributed by atoms with van der Waals surface area (Å²) in [4.78, 5) is 13.2. The van der Waals surface area contributed by atoms with Crippen molar-refractivity contribution >= 4 is 17.5 Å². The van der Waals surface area contributed by atoms with Crippen LogP contribution in [-0.4, -0.2) is 21.9 Å². The Morgan fingerprint density at radius 2 is 1.85 bits per heavy atom. The summed E-state index contributed by atoms with van der Waals surface area (Å²) in [5.41, 5.74) is -0.0806. The van der Waals surface area contributed by atoms with Crippen LogP contribution in [0.5, 0.6) is 11.5 Å². The van der Waals surface area contributed by atoms with E-state index in [0.717, 1.165) is 4.68 Å². The molecule has 0 spiro atoms. The summed E-state index contributed by atoms with van der Waals surface area (Å²) in [6, 6.07) is 11.2. The molecule has 5 nitrogen and oxygen atoms in total. The topological polar surface area (TPSA) is 53.4 Å². The Labute approximate surface area is 194 Å². The van der Waals surface area contributed by atoms with Crippen LogP contribution in [-0.2, 0) is 12.6 Å². The Bertz CT molecular complexity index is 1290. The molecule has 1 aromatic heterocycles. The highest BCUT2D eigenvalue weighted by atomic mass is 32.2. The van der Waals surface area contributed by atoms with Crippen molar-refractivity contribution in [3.8, 4) is 17.2 Å². The maximum atomic E-state index is 13.6. The lowest BCUT2D eigenvalue weighted by Crippen LogP contribution is -2.25. The van der Waals surface area contributed by atoms with Crippen molar-refractivity contribution in [3.63, 3.8) is 0 Å². The van der Waals surface area contributed by atoms with Gasteiger partial charge < -0.3 is 9.47 Å². The van der Waals surface area contributed by atoms with Crippen molar-refractivity contribution in [1.82, 2.24) is 9.78 Å². The molecule has 34 heavy (non-hydrogen) atoms. The summed E-state index contributed by atoms with van der Waals surface area (Å²) in [7, 11) is 0. The zero-order valence-electron chi connectivity index (χ0n) is 17.7. The number of alkyl halides is 5. The minimum atomic E-state index is -4.66. The molecule has 1 atom stereocenters. The molecule has 2 aromatic carbocycles. The minimum Gasteiger partial charge on any atom is -0.395 e. The predicted octanol–water partition coefficient (Wildman–Crippen LogP) is 6.58. The van der Waals surface area contributed by atoms with Crippen LogP contribution in [0.4, 0.5) is 22.0 Å². The second kappa shape index (κ2) is 8.00. The zero-order chi connectivity index (χ0) is 24.3. The first-order valence-corrected chi connectivity index (χ1v) is 11.3. The lowest BCUT2D eigenvalue weighted by Gasteiger charge is -2.15. The Kier molecular flexibility index (Phi) is 5.34. The molecule has 0 fully saturated rings. The van der Waals surface area contributed by atoms with Crippen LogP contribution >= 0.6 is 11.8 Å². The first kappa shape index (κ1) is 22.7. The number of nitrogens with zero attached hydrogens (tertiary/aromatic N) is 2. The lowest BCUT2D eigenvalue weighted by atomic mass is 9.94. The van der Waals surface area contributed by atoms with Crippen LogP contribution < -0.4 is 9.47 Å². The molecular weight excluding hydrogens is 479 g/mol. The number of Topliss-reactive ketones (excluding diaryl/α,β-unsaturated/α-hetero) is 1. The van der Waals surface area contributed by atoms with Crippen LogP contribution in [0.3, 0.4) is 0 Å². The molecule has 178 valence electrons. The Hall–Kier alpha value is -3.08. The Balaban J connectivity index is 1.44. The standard InChI is InChI=1S/C23H17F5N2O3S/c1-12(13-8-9-18-19(10-13)33-23(27,28)32-18)34-15-5-2-4-14(11-15)30-20-16(6-3-7-17(20)31)21(29-30)22(24,25)26/h2,4-5,8-12H,3,6-7H2,1H3. The average Bonchev–Trinajstić information content (AvgIpc) is 3.30. The second-order valence-corrected chi connectivity index (χ2v) is 9.41. The normalized spacial score (nSPS) is 17.5. The van der Waals surface area contributed by atoms with Crippen molar-refractivity contribution in [1.29, 1.82) is 0 Å². The SMILES string of the molecule is CC(Sc1cccc(-n2nc(C(F)(F)F)c3c2C(=O)CCC3)c1)c1ccc2c(c1)OC(F)(F)O2. The van der Waals surface area contributed by atoms with E-state index in [1.807, 2.05) is 6.92 Å². The van der Waals surface area contributed by atoms with Crippen LogP contribution in [0.25, 0.3) is 5.69 Å². The smallest absolute Gasteiger partial charge is 0.395 e. The maximum Gasteiger partial charge on any atom is 0.586 e. The molecule has 11 heteroatoms. The van der Waals surface area contributed by atoms with Gasteiger partial charge in [0.25, 0.3) is 0 Å². The van der Waals surface area contributed by atoms with Gasteiger partial charge in [-0.25, -0.2) is 4.68 Å². The quantitative estimate of drug-likeness (QED) is 0.302. The summed E-state index contributed by atoms with van der Waals surface area (Å²) < 4.78 is 77.3. The van der Waals surface area contributed by atoms with E-state index in [9.17, 15) is 26.7 Å². The molecule has 0 saturated carbocycles. The van der Waals surface area contributed by atoms with Gasteiger partial charge in [-0.3, -0.25) is 4.79 Å². The van der Waals surface area contributed by atoms with E-state index in [4.69, 9.17) is 0 Å². The number of thioether (sulfide) groups is 1. The molecule has 1 aliphatic heterocycles. The minimum absolute atomic E-state index is 0.0227. The van der Waals surface area contributed by atoms with E-state index in [0.29, 0.717) is 22.6 Å². The van der Waals surface area contributed by atoms with Crippen molar-refractivity contribution in [2.24, 2.45) is 0 Å². The van der Waals surface area contributed by atoms with E-state index >= 15 is 0 Å². The van der Waals surface area contributed by atoms with Gasteiger partial charge in [0.05, 0.1) is 5.69 Å². The van der Waals surface area contributed by atoms with Crippen LogP contribution in [0, 0.1) is 0 Å². The fraction of sp³-hybridized carbons (Fsp3) is 0.304. The number of ether oxygens (including phenoxy) is 2. The second-order valence-electron chi connectivity index (χ2n) is 7.99. The molecular formula is C23H17F5N2O3S. The van der Waals surface area contributed by atoms with Gasteiger partial charge in [0.1, 0.15) is 5.69 Å². The van der Waals surface area contributed by atoms with E-state index in [1.165, 1.54) is 23.9 Å². The van der Waals surface area contributed by atoms with Crippen LogP contribution in [0.2, 0.25) is 0 Å². The number of benzene rings is 2. The molecule has 2 aliphatic rings. The molecule has 2 heterocycles. The number of halogens is 5. The highest BCUT2D eigenvalue weighted by molar-refractivity contribution is 7.99. The molecule has 0 saturated heterocycles. The van der Waals surface area contributed by atoms with E-state index in [2.05, 4.69) is 14.6 Å². The summed E-state index contributed by atoms with van der Waals surface area (Å²) in [5, 5.41) is 3.56. The first-order chi connectivity index (χ1) is 16.0. The third kappa shape index (κ3) is 4.13.